The molecule has 5 rings (SSSR count). The highest BCUT2D eigenvalue weighted by Crippen LogP contribution is 2.38. The third-order valence-electron chi connectivity index (χ3n) is 7.99. The summed E-state index contributed by atoms with van der Waals surface area (Å²) in [6.07, 6.45) is 10.2. The molecule has 0 spiro atoms. The van der Waals surface area contributed by atoms with Gasteiger partial charge in [-0.15, -0.1) is 0 Å². The standard InChI is InChI=1S/C29H38N2O3/c32-25-10-13-27-24(21-25)15-18-31(28(33)14-7-22-5-1-2-6-22)29(27)23-8-11-26(12-9-23)34-20-19-30-16-3-4-17-30/h8-13,21-22,29,32H,1-7,14-20H2. The number of phenolic OH excluding ortho intramolecular Hbond substituents is 1. The largest absolute Gasteiger partial charge is 0.508 e. The van der Waals surface area contributed by atoms with Gasteiger partial charge in [0.1, 0.15) is 18.1 Å². The molecule has 1 atom stereocenters. The number of ether oxygens (including phenoxy) is 1. The van der Waals surface area contributed by atoms with Gasteiger partial charge in [0.25, 0.3) is 0 Å². The minimum Gasteiger partial charge on any atom is -0.508 e. The molecule has 1 aliphatic carbocycles. The summed E-state index contributed by atoms with van der Waals surface area (Å²) >= 11 is 0. The van der Waals surface area contributed by atoms with Crippen molar-refractivity contribution in [1.29, 1.82) is 0 Å². The molecule has 0 radical (unpaired) electrons. The van der Waals surface area contributed by atoms with Gasteiger partial charge in [-0.05, 0) is 85.6 Å². The average molecular weight is 463 g/mol. The zero-order valence-corrected chi connectivity index (χ0v) is 20.3. The summed E-state index contributed by atoms with van der Waals surface area (Å²) < 4.78 is 6.01. The Morgan fingerprint density at radius 3 is 2.50 bits per heavy atom. The molecule has 2 aromatic carbocycles. The summed E-state index contributed by atoms with van der Waals surface area (Å²) in [5.41, 5.74) is 3.37. The topological polar surface area (TPSA) is 53.0 Å². The van der Waals surface area contributed by atoms with Crippen LogP contribution in [-0.2, 0) is 11.2 Å². The fourth-order valence-electron chi connectivity index (χ4n) is 6.06. The summed E-state index contributed by atoms with van der Waals surface area (Å²) in [5.74, 6) is 2.14. The van der Waals surface area contributed by atoms with Crippen molar-refractivity contribution in [3.63, 3.8) is 0 Å². The first kappa shape index (κ1) is 23.2. The van der Waals surface area contributed by atoms with Crippen LogP contribution < -0.4 is 4.74 Å². The molecular weight excluding hydrogens is 424 g/mol. The SMILES string of the molecule is O=C(CCC1CCCC1)N1CCc2cc(O)ccc2C1c1ccc(OCCN2CCCC2)cc1. The van der Waals surface area contributed by atoms with E-state index >= 15 is 0 Å². The Bertz CT molecular complexity index is 962. The third kappa shape index (κ3) is 5.41. The lowest BCUT2D eigenvalue weighted by Crippen LogP contribution is -2.40. The maximum atomic E-state index is 13.4. The molecule has 2 aromatic rings. The first-order valence-corrected chi connectivity index (χ1v) is 13.2. The van der Waals surface area contributed by atoms with Crippen LogP contribution >= 0.6 is 0 Å². The zero-order chi connectivity index (χ0) is 23.3. The Kier molecular flexibility index (Phi) is 7.39. The summed E-state index contributed by atoms with van der Waals surface area (Å²) in [7, 11) is 0. The van der Waals surface area contributed by atoms with Crippen LogP contribution in [0.15, 0.2) is 42.5 Å². The van der Waals surface area contributed by atoms with Crippen LogP contribution in [-0.4, -0.2) is 53.6 Å². The molecule has 34 heavy (non-hydrogen) atoms. The number of aromatic hydroxyl groups is 1. The van der Waals surface area contributed by atoms with E-state index in [2.05, 4.69) is 21.9 Å². The lowest BCUT2D eigenvalue weighted by Gasteiger charge is -2.38. The normalized spacial score (nSPS) is 21.1. The number of benzene rings is 2. The quantitative estimate of drug-likeness (QED) is 0.578. The fourth-order valence-corrected chi connectivity index (χ4v) is 6.06. The molecule has 3 aliphatic rings. The monoisotopic (exact) mass is 462 g/mol. The van der Waals surface area contributed by atoms with Gasteiger partial charge in [0.2, 0.25) is 5.91 Å². The number of carbonyl (C=O) groups is 1. The van der Waals surface area contributed by atoms with Crippen LogP contribution in [0.3, 0.4) is 0 Å². The number of hydrogen-bond donors (Lipinski definition) is 1. The predicted octanol–water partition coefficient (Wildman–Crippen LogP) is 5.31. The van der Waals surface area contributed by atoms with Crippen LogP contribution in [0.4, 0.5) is 0 Å². The molecule has 1 saturated heterocycles. The van der Waals surface area contributed by atoms with Gasteiger partial charge >= 0.3 is 0 Å². The first-order valence-electron chi connectivity index (χ1n) is 13.2. The van der Waals surface area contributed by atoms with Crippen molar-refractivity contribution in [1.82, 2.24) is 9.80 Å². The summed E-state index contributed by atoms with van der Waals surface area (Å²) in [5, 5.41) is 10.0. The predicted molar refractivity (Wildman–Crippen MR) is 134 cm³/mol. The molecule has 182 valence electrons. The van der Waals surface area contributed by atoms with Crippen molar-refractivity contribution in [2.75, 3.05) is 32.8 Å². The number of phenols is 1. The van der Waals surface area contributed by atoms with E-state index < -0.39 is 0 Å². The van der Waals surface area contributed by atoms with Gasteiger partial charge in [0.05, 0.1) is 6.04 Å². The highest BCUT2D eigenvalue weighted by molar-refractivity contribution is 5.78. The van der Waals surface area contributed by atoms with Gasteiger partial charge in [0, 0.05) is 19.5 Å². The molecule has 2 heterocycles. The molecule has 1 N–H and O–H groups in total. The molecule has 0 aromatic heterocycles. The summed E-state index contributed by atoms with van der Waals surface area (Å²) in [6, 6.07) is 13.8. The van der Waals surface area contributed by atoms with E-state index in [4.69, 9.17) is 4.74 Å². The zero-order valence-electron chi connectivity index (χ0n) is 20.3. The number of amides is 1. The smallest absolute Gasteiger partial charge is 0.223 e. The van der Waals surface area contributed by atoms with Crippen molar-refractivity contribution >= 4 is 5.91 Å². The second-order valence-corrected chi connectivity index (χ2v) is 10.3. The van der Waals surface area contributed by atoms with E-state index in [1.807, 2.05) is 24.3 Å². The van der Waals surface area contributed by atoms with E-state index in [1.165, 1.54) is 51.6 Å². The number of hydrogen-bond acceptors (Lipinski definition) is 4. The van der Waals surface area contributed by atoms with Crippen molar-refractivity contribution < 1.29 is 14.6 Å². The van der Waals surface area contributed by atoms with Crippen molar-refractivity contribution in [2.24, 2.45) is 5.92 Å². The lowest BCUT2D eigenvalue weighted by atomic mass is 9.87. The second-order valence-electron chi connectivity index (χ2n) is 10.3. The van der Waals surface area contributed by atoms with Gasteiger partial charge in [-0.3, -0.25) is 9.69 Å². The Morgan fingerprint density at radius 1 is 0.971 bits per heavy atom. The van der Waals surface area contributed by atoms with Crippen molar-refractivity contribution in [3.05, 3.63) is 59.2 Å². The molecule has 5 heteroatoms. The molecule has 1 saturated carbocycles. The third-order valence-corrected chi connectivity index (χ3v) is 7.99. The molecule has 2 fully saturated rings. The Morgan fingerprint density at radius 2 is 1.74 bits per heavy atom. The Hall–Kier alpha value is -2.53. The van der Waals surface area contributed by atoms with Crippen molar-refractivity contribution in [3.8, 4) is 11.5 Å². The van der Waals surface area contributed by atoms with E-state index in [-0.39, 0.29) is 11.9 Å². The van der Waals surface area contributed by atoms with E-state index in [0.29, 0.717) is 31.2 Å². The number of nitrogens with zero attached hydrogens (tertiary/aromatic N) is 2. The second kappa shape index (κ2) is 10.8. The van der Waals surface area contributed by atoms with Crippen LogP contribution in [0.5, 0.6) is 11.5 Å². The molecule has 5 nitrogen and oxygen atoms in total. The molecule has 1 unspecified atom stereocenters. The van der Waals surface area contributed by atoms with E-state index in [9.17, 15) is 9.90 Å². The fraction of sp³-hybridized carbons (Fsp3) is 0.552. The maximum Gasteiger partial charge on any atom is 0.223 e. The highest BCUT2D eigenvalue weighted by atomic mass is 16.5. The van der Waals surface area contributed by atoms with Gasteiger partial charge < -0.3 is 14.7 Å². The average Bonchev–Trinajstić information content (AvgIpc) is 3.57. The van der Waals surface area contributed by atoms with Crippen LogP contribution in [0.2, 0.25) is 0 Å². The lowest BCUT2D eigenvalue weighted by molar-refractivity contribution is -0.133. The molecule has 1 amide bonds. The molecular formula is C29H38N2O3. The molecule has 0 bridgehead atoms. The Balaban J connectivity index is 1.30. The van der Waals surface area contributed by atoms with Crippen LogP contribution in [0, 0.1) is 5.92 Å². The van der Waals surface area contributed by atoms with E-state index in [1.54, 1.807) is 6.07 Å². The summed E-state index contributed by atoms with van der Waals surface area (Å²) in [4.78, 5) is 17.9. The Labute approximate surface area is 203 Å². The highest BCUT2D eigenvalue weighted by Gasteiger charge is 2.32. The number of rotatable bonds is 8. The van der Waals surface area contributed by atoms with Crippen molar-refractivity contribution in [2.45, 2.75) is 63.8 Å². The van der Waals surface area contributed by atoms with Gasteiger partial charge in [-0.1, -0.05) is 43.9 Å². The van der Waals surface area contributed by atoms with Crippen LogP contribution in [0.1, 0.15) is 74.1 Å². The number of fused-ring (bicyclic) bond motifs is 1. The molecule has 2 aliphatic heterocycles. The number of likely N-dealkylation sites (tertiary alicyclic amines) is 1. The van der Waals surface area contributed by atoms with E-state index in [0.717, 1.165) is 41.8 Å². The van der Waals surface area contributed by atoms with Crippen LogP contribution in [0.25, 0.3) is 0 Å². The van der Waals surface area contributed by atoms with Gasteiger partial charge in [-0.2, -0.15) is 0 Å². The minimum atomic E-state index is -0.112. The van der Waals surface area contributed by atoms with Gasteiger partial charge in [-0.25, -0.2) is 0 Å². The first-order chi connectivity index (χ1) is 16.7. The van der Waals surface area contributed by atoms with Gasteiger partial charge in [0.15, 0.2) is 0 Å². The maximum absolute atomic E-state index is 13.4. The summed E-state index contributed by atoms with van der Waals surface area (Å²) in [6.45, 7) is 4.74. The number of carbonyl (C=O) groups excluding carboxylic acids is 1. The minimum absolute atomic E-state index is 0.112.